The van der Waals surface area contributed by atoms with Crippen LogP contribution in [0.15, 0.2) is 6.07 Å². The van der Waals surface area contributed by atoms with Crippen LogP contribution in [0.5, 0.6) is 5.75 Å². The highest BCUT2D eigenvalue weighted by Gasteiger charge is 2.16. The maximum Gasteiger partial charge on any atom is 0.142 e. The van der Waals surface area contributed by atoms with Gasteiger partial charge in [0.1, 0.15) is 5.75 Å². The van der Waals surface area contributed by atoms with Gasteiger partial charge in [0.05, 0.1) is 12.8 Å². The Morgan fingerprint density at radius 2 is 2.28 bits per heavy atom. The van der Waals surface area contributed by atoms with Crippen molar-refractivity contribution in [2.24, 2.45) is 0 Å². The van der Waals surface area contributed by atoms with E-state index in [2.05, 4.69) is 10.6 Å². The predicted molar refractivity (Wildman–Crippen MR) is 77.0 cm³/mol. The molecule has 100 valence electrons. The summed E-state index contributed by atoms with van der Waals surface area (Å²) in [5.41, 5.74) is 3.13. The van der Waals surface area contributed by atoms with Crippen molar-refractivity contribution in [1.82, 2.24) is 5.32 Å². The van der Waals surface area contributed by atoms with Crippen LogP contribution < -0.4 is 15.4 Å². The van der Waals surface area contributed by atoms with Gasteiger partial charge >= 0.3 is 0 Å². The second-order valence-corrected chi connectivity index (χ2v) is 5.26. The number of hydrogen-bond acceptors (Lipinski definition) is 3. The van der Waals surface area contributed by atoms with Gasteiger partial charge in [0.15, 0.2) is 0 Å². The third-order valence-electron chi connectivity index (χ3n) is 3.55. The largest absolute Gasteiger partial charge is 0.495 e. The average Bonchev–Trinajstić information content (AvgIpc) is 2.87. The molecule has 1 aromatic carbocycles. The third-order valence-corrected chi connectivity index (χ3v) is 4.13. The number of anilines is 1. The molecule has 1 aromatic rings. The lowest BCUT2D eigenvalue weighted by Gasteiger charge is -2.19. The lowest BCUT2D eigenvalue weighted by molar-refractivity contribution is 0.415. The molecule has 0 amide bonds. The molecule has 0 bridgehead atoms. The molecule has 0 aliphatic carbocycles. The van der Waals surface area contributed by atoms with Gasteiger partial charge in [0, 0.05) is 17.6 Å². The first-order valence-electron chi connectivity index (χ1n) is 6.44. The highest BCUT2D eigenvalue weighted by atomic mass is 35.5. The summed E-state index contributed by atoms with van der Waals surface area (Å²) in [6.45, 7) is 6.07. The monoisotopic (exact) mass is 268 g/mol. The second kappa shape index (κ2) is 5.81. The van der Waals surface area contributed by atoms with Crippen molar-refractivity contribution in [2.75, 3.05) is 25.5 Å². The molecule has 0 saturated carbocycles. The summed E-state index contributed by atoms with van der Waals surface area (Å²) >= 11 is 6.30. The zero-order valence-corrected chi connectivity index (χ0v) is 12.0. The van der Waals surface area contributed by atoms with Crippen LogP contribution in [0.4, 0.5) is 5.69 Å². The number of benzene rings is 1. The number of methoxy groups -OCH3 is 1. The first-order valence-corrected chi connectivity index (χ1v) is 6.82. The van der Waals surface area contributed by atoms with E-state index in [9.17, 15) is 0 Å². The summed E-state index contributed by atoms with van der Waals surface area (Å²) in [5.74, 6) is 0.868. The molecule has 1 fully saturated rings. The summed E-state index contributed by atoms with van der Waals surface area (Å²) in [6.07, 6.45) is 2.49. The fraction of sp³-hybridized carbons (Fsp3) is 0.571. The molecule has 4 heteroatoms. The van der Waals surface area contributed by atoms with Crippen molar-refractivity contribution < 1.29 is 4.74 Å². The van der Waals surface area contributed by atoms with Crippen molar-refractivity contribution in [3.63, 3.8) is 0 Å². The zero-order chi connectivity index (χ0) is 13.1. The summed E-state index contributed by atoms with van der Waals surface area (Å²) in [6, 6.07) is 2.54. The number of nitrogens with one attached hydrogen (secondary N) is 2. The van der Waals surface area contributed by atoms with E-state index >= 15 is 0 Å². The summed E-state index contributed by atoms with van der Waals surface area (Å²) in [5, 5.41) is 7.76. The molecule has 1 aliphatic heterocycles. The molecule has 0 radical (unpaired) electrons. The minimum atomic E-state index is 0.550. The second-order valence-electron chi connectivity index (χ2n) is 4.88. The molecular formula is C14H21ClN2O. The first kappa shape index (κ1) is 13.5. The Morgan fingerprint density at radius 1 is 1.50 bits per heavy atom. The van der Waals surface area contributed by atoms with Crippen molar-refractivity contribution in [3.8, 4) is 5.75 Å². The topological polar surface area (TPSA) is 33.3 Å². The summed E-state index contributed by atoms with van der Waals surface area (Å²) < 4.78 is 5.44. The standard InChI is InChI=1S/C14H21ClN2O/c1-9-7-12(18-3)14(10(2)13(9)15)17-8-11-5-4-6-16-11/h7,11,16-17H,4-6,8H2,1-3H3. The normalized spacial score (nSPS) is 19.0. The minimum absolute atomic E-state index is 0.550. The quantitative estimate of drug-likeness (QED) is 0.880. The molecule has 1 unspecified atom stereocenters. The van der Waals surface area contributed by atoms with E-state index in [1.54, 1.807) is 7.11 Å². The lowest BCUT2D eigenvalue weighted by atomic mass is 10.1. The summed E-state index contributed by atoms with van der Waals surface area (Å²) in [7, 11) is 1.70. The maximum atomic E-state index is 6.30. The zero-order valence-electron chi connectivity index (χ0n) is 11.3. The molecule has 1 heterocycles. The Labute approximate surface area is 114 Å². The third kappa shape index (κ3) is 2.73. The predicted octanol–water partition coefficient (Wildman–Crippen LogP) is 3.13. The van der Waals surface area contributed by atoms with Crippen molar-refractivity contribution in [1.29, 1.82) is 0 Å². The molecule has 1 saturated heterocycles. The average molecular weight is 269 g/mol. The highest BCUT2D eigenvalue weighted by molar-refractivity contribution is 6.32. The van der Waals surface area contributed by atoms with E-state index in [0.29, 0.717) is 6.04 Å². The molecule has 2 rings (SSSR count). The van der Waals surface area contributed by atoms with Crippen molar-refractivity contribution >= 4 is 17.3 Å². The number of hydrogen-bond donors (Lipinski definition) is 2. The van der Waals surface area contributed by atoms with Gasteiger partial charge in [-0.3, -0.25) is 0 Å². The molecule has 2 N–H and O–H groups in total. The molecular weight excluding hydrogens is 248 g/mol. The van der Waals surface area contributed by atoms with E-state index in [4.69, 9.17) is 16.3 Å². The fourth-order valence-electron chi connectivity index (χ4n) is 2.46. The number of aryl methyl sites for hydroxylation is 1. The smallest absolute Gasteiger partial charge is 0.142 e. The SMILES string of the molecule is COc1cc(C)c(Cl)c(C)c1NCC1CCCN1. The summed E-state index contributed by atoms with van der Waals surface area (Å²) in [4.78, 5) is 0. The molecule has 1 atom stereocenters. The minimum Gasteiger partial charge on any atom is -0.495 e. The van der Waals surface area contributed by atoms with Crippen LogP contribution in [0, 0.1) is 13.8 Å². The number of halogens is 1. The van der Waals surface area contributed by atoms with E-state index in [1.165, 1.54) is 12.8 Å². The Kier molecular flexibility index (Phi) is 4.36. The molecule has 0 spiro atoms. The molecule has 0 aromatic heterocycles. The van der Waals surface area contributed by atoms with E-state index in [0.717, 1.165) is 40.7 Å². The van der Waals surface area contributed by atoms with Crippen LogP contribution in [0.2, 0.25) is 5.02 Å². The van der Waals surface area contributed by atoms with Gasteiger partial charge in [-0.2, -0.15) is 0 Å². The Bertz CT molecular complexity index is 428. The van der Waals surface area contributed by atoms with E-state index < -0.39 is 0 Å². The van der Waals surface area contributed by atoms with Gasteiger partial charge < -0.3 is 15.4 Å². The van der Waals surface area contributed by atoms with Gasteiger partial charge in [-0.1, -0.05) is 11.6 Å². The van der Waals surface area contributed by atoms with E-state index in [-0.39, 0.29) is 0 Å². The Morgan fingerprint density at radius 3 is 2.89 bits per heavy atom. The lowest BCUT2D eigenvalue weighted by Crippen LogP contribution is -2.29. The number of ether oxygens (including phenoxy) is 1. The molecule has 1 aliphatic rings. The highest BCUT2D eigenvalue weighted by Crippen LogP contribution is 2.35. The fourth-order valence-corrected chi connectivity index (χ4v) is 2.61. The van der Waals surface area contributed by atoms with Crippen LogP contribution in [0.1, 0.15) is 24.0 Å². The van der Waals surface area contributed by atoms with Crippen LogP contribution in [-0.2, 0) is 0 Å². The molecule has 18 heavy (non-hydrogen) atoms. The Hall–Kier alpha value is -0.930. The van der Waals surface area contributed by atoms with Crippen LogP contribution in [0.25, 0.3) is 0 Å². The number of rotatable bonds is 4. The van der Waals surface area contributed by atoms with Gasteiger partial charge in [-0.05, 0) is 50.4 Å². The van der Waals surface area contributed by atoms with Crippen LogP contribution >= 0.6 is 11.6 Å². The Balaban J connectivity index is 2.17. The van der Waals surface area contributed by atoms with Crippen LogP contribution in [0.3, 0.4) is 0 Å². The van der Waals surface area contributed by atoms with Crippen molar-refractivity contribution in [3.05, 3.63) is 22.2 Å². The van der Waals surface area contributed by atoms with Gasteiger partial charge in [0.2, 0.25) is 0 Å². The van der Waals surface area contributed by atoms with E-state index in [1.807, 2.05) is 19.9 Å². The maximum absolute atomic E-state index is 6.30. The van der Waals surface area contributed by atoms with Gasteiger partial charge in [-0.25, -0.2) is 0 Å². The van der Waals surface area contributed by atoms with Crippen molar-refractivity contribution in [2.45, 2.75) is 32.7 Å². The van der Waals surface area contributed by atoms with Gasteiger partial charge in [0.25, 0.3) is 0 Å². The molecule has 3 nitrogen and oxygen atoms in total. The van der Waals surface area contributed by atoms with Crippen LogP contribution in [-0.4, -0.2) is 26.2 Å². The first-order chi connectivity index (χ1) is 8.63. The van der Waals surface area contributed by atoms with Gasteiger partial charge in [-0.15, -0.1) is 0 Å².